The summed E-state index contributed by atoms with van der Waals surface area (Å²) in [5.74, 6) is 0. The van der Waals surface area contributed by atoms with Crippen molar-refractivity contribution in [3.8, 4) is 6.07 Å². The Balaban J connectivity index is 2.94. The summed E-state index contributed by atoms with van der Waals surface area (Å²) >= 11 is 3.49. The predicted molar refractivity (Wildman–Crippen MR) is 66.9 cm³/mol. The van der Waals surface area contributed by atoms with Crippen LogP contribution in [0.1, 0.15) is 37.7 Å². The molecular formula is C11H17BrN4. The van der Waals surface area contributed by atoms with E-state index in [0.717, 1.165) is 15.9 Å². The number of hydrogen-bond donors (Lipinski definition) is 1. The van der Waals surface area contributed by atoms with E-state index in [0.29, 0.717) is 6.42 Å². The molecule has 1 aromatic rings. The van der Waals surface area contributed by atoms with Gasteiger partial charge in [-0.3, -0.25) is 4.68 Å². The first kappa shape index (κ1) is 13.2. The van der Waals surface area contributed by atoms with Crippen molar-refractivity contribution in [1.82, 2.24) is 9.78 Å². The molecule has 0 fully saturated rings. The summed E-state index contributed by atoms with van der Waals surface area (Å²) in [6.45, 7) is 7.71. The number of nitrogens with zero attached hydrogens (tertiary/aromatic N) is 3. The molecule has 2 unspecified atom stereocenters. The van der Waals surface area contributed by atoms with Crippen LogP contribution in [0, 0.1) is 25.2 Å². The zero-order valence-electron chi connectivity index (χ0n) is 10.1. The van der Waals surface area contributed by atoms with Gasteiger partial charge in [-0.25, -0.2) is 0 Å². The number of rotatable bonds is 3. The van der Waals surface area contributed by atoms with Crippen LogP contribution in [-0.2, 0) is 0 Å². The van der Waals surface area contributed by atoms with Gasteiger partial charge < -0.3 is 5.73 Å². The van der Waals surface area contributed by atoms with E-state index in [1.165, 1.54) is 0 Å². The fraction of sp³-hybridized carbons (Fsp3) is 0.636. The Hall–Kier alpha value is -0.860. The second-order valence-electron chi connectivity index (χ2n) is 4.51. The maximum absolute atomic E-state index is 8.90. The SMILES string of the molecule is Cc1nn(C(C)CC(C)(N)C#N)c(C)c1Br. The van der Waals surface area contributed by atoms with E-state index in [4.69, 9.17) is 11.0 Å². The highest BCUT2D eigenvalue weighted by molar-refractivity contribution is 9.10. The minimum absolute atomic E-state index is 0.111. The van der Waals surface area contributed by atoms with Crippen molar-refractivity contribution < 1.29 is 0 Å². The maximum Gasteiger partial charge on any atom is 0.103 e. The Bertz CT molecular complexity index is 428. The highest BCUT2D eigenvalue weighted by atomic mass is 79.9. The van der Waals surface area contributed by atoms with E-state index in [2.05, 4.69) is 27.1 Å². The van der Waals surface area contributed by atoms with Gasteiger partial charge >= 0.3 is 0 Å². The molecule has 0 aliphatic heterocycles. The lowest BCUT2D eigenvalue weighted by Gasteiger charge is -2.22. The molecule has 0 amide bonds. The quantitative estimate of drug-likeness (QED) is 0.927. The molecule has 0 saturated carbocycles. The van der Waals surface area contributed by atoms with Gasteiger partial charge in [-0.2, -0.15) is 10.4 Å². The molecule has 0 aromatic carbocycles. The number of aromatic nitrogens is 2. The Kier molecular flexibility index (Phi) is 3.76. The van der Waals surface area contributed by atoms with Gasteiger partial charge in [0.05, 0.1) is 28.0 Å². The van der Waals surface area contributed by atoms with Crippen molar-refractivity contribution >= 4 is 15.9 Å². The summed E-state index contributed by atoms with van der Waals surface area (Å²) in [5, 5.41) is 13.3. The van der Waals surface area contributed by atoms with Crippen LogP contribution in [-0.4, -0.2) is 15.3 Å². The first-order valence-corrected chi connectivity index (χ1v) is 5.99. The summed E-state index contributed by atoms with van der Waals surface area (Å²) in [6, 6.07) is 2.22. The molecule has 0 aliphatic rings. The fourth-order valence-corrected chi connectivity index (χ4v) is 2.08. The Labute approximate surface area is 105 Å². The summed E-state index contributed by atoms with van der Waals surface area (Å²) in [7, 11) is 0. The third-order valence-electron chi connectivity index (χ3n) is 2.63. The monoisotopic (exact) mass is 284 g/mol. The summed E-state index contributed by atoms with van der Waals surface area (Å²) in [5.41, 5.74) is 7.05. The number of aryl methyl sites for hydroxylation is 1. The number of halogens is 1. The highest BCUT2D eigenvalue weighted by Gasteiger charge is 2.24. The molecule has 2 atom stereocenters. The first-order chi connectivity index (χ1) is 7.28. The second-order valence-corrected chi connectivity index (χ2v) is 5.30. The normalized spacial score (nSPS) is 16.6. The Morgan fingerprint density at radius 3 is 2.56 bits per heavy atom. The van der Waals surface area contributed by atoms with E-state index in [9.17, 15) is 0 Å². The van der Waals surface area contributed by atoms with Crippen molar-refractivity contribution in [2.24, 2.45) is 5.73 Å². The van der Waals surface area contributed by atoms with Gasteiger partial charge in [0.2, 0.25) is 0 Å². The summed E-state index contributed by atoms with van der Waals surface area (Å²) in [6.07, 6.45) is 0.581. The predicted octanol–water partition coefficient (Wildman–Crippen LogP) is 2.45. The Morgan fingerprint density at radius 1 is 1.62 bits per heavy atom. The smallest absolute Gasteiger partial charge is 0.103 e. The van der Waals surface area contributed by atoms with E-state index in [1.807, 2.05) is 25.5 Å². The molecule has 1 heterocycles. The lowest BCUT2D eigenvalue weighted by atomic mass is 9.97. The molecule has 1 rings (SSSR count). The zero-order valence-corrected chi connectivity index (χ0v) is 11.7. The fourth-order valence-electron chi connectivity index (χ4n) is 1.82. The van der Waals surface area contributed by atoms with Crippen LogP contribution in [0.25, 0.3) is 0 Å². The first-order valence-electron chi connectivity index (χ1n) is 5.20. The van der Waals surface area contributed by atoms with E-state index < -0.39 is 5.54 Å². The molecule has 0 bridgehead atoms. The maximum atomic E-state index is 8.90. The van der Waals surface area contributed by atoms with Gasteiger partial charge in [0, 0.05) is 6.42 Å². The third kappa shape index (κ3) is 2.63. The van der Waals surface area contributed by atoms with Gasteiger partial charge in [0.15, 0.2) is 0 Å². The second kappa shape index (κ2) is 4.56. The molecule has 0 radical (unpaired) electrons. The van der Waals surface area contributed by atoms with Crippen molar-refractivity contribution in [2.45, 2.75) is 45.7 Å². The molecule has 0 spiro atoms. The molecular weight excluding hydrogens is 268 g/mol. The number of hydrogen-bond acceptors (Lipinski definition) is 3. The van der Waals surface area contributed by atoms with Crippen molar-refractivity contribution in [1.29, 1.82) is 5.26 Å². The lowest BCUT2D eigenvalue weighted by molar-refractivity contribution is 0.380. The van der Waals surface area contributed by atoms with E-state index >= 15 is 0 Å². The Morgan fingerprint density at radius 2 is 2.19 bits per heavy atom. The van der Waals surface area contributed by atoms with Gasteiger partial charge in [-0.15, -0.1) is 0 Å². The summed E-state index contributed by atoms with van der Waals surface area (Å²) < 4.78 is 2.94. The third-order valence-corrected chi connectivity index (χ3v) is 3.78. The van der Waals surface area contributed by atoms with Crippen LogP contribution in [0.15, 0.2) is 4.47 Å². The molecule has 0 aliphatic carbocycles. The molecule has 4 nitrogen and oxygen atoms in total. The van der Waals surface area contributed by atoms with Crippen LogP contribution >= 0.6 is 15.9 Å². The molecule has 2 N–H and O–H groups in total. The number of nitriles is 1. The van der Waals surface area contributed by atoms with Crippen LogP contribution in [0.5, 0.6) is 0 Å². The molecule has 16 heavy (non-hydrogen) atoms. The van der Waals surface area contributed by atoms with Gasteiger partial charge in [-0.05, 0) is 43.6 Å². The number of nitrogens with two attached hydrogens (primary N) is 1. The lowest BCUT2D eigenvalue weighted by Crippen LogP contribution is -2.36. The molecule has 5 heteroatoms. The minimum atomic E-state index is -0.807. The van der Waals surface area contributed by atoms with Gasteiger partial charge in [-0.1, -0.05) is 0 Å². The zero-order chi connectivity index (χ0) is 12.5. The topological polar surface area (TPSA) is 67.6 Å². The van der Waals surface area contributed by atoms with Gasteiger partial charge in [0.25, 0.3) is 0 Å². The highest BCUT2D eigenvalue weighted by Crippen LogP contribution is 2.26. The van der Waals surface area contributed by atoms with Crippen LogP contribution in [0.4, 0.5) is 0 Å². The van der Waals surface area contributed by atoms with Crippen LogP contribution in [0.3, 0.4) is 0 Å². The van der Waals surface area contributed by atoms with E-state index in [-0.39, 0.29) is 6.04 Å². The van der Waals surface area contributed by atoms with Crippen molar-refractivity contribution in [3.63, 3.8) is 0 Å². The molecule has 1 aromatic heterocycles. The van der Waals surface area contributed by atoms with Crippen molar-refractivity contribution in [3.05, 3.63) is 15.9 Å². The van der Waals surface area contributed by atoms with Crippen LogP contribution < -0.4 is 5.73 Å². The minimum Gasteiger partial charge on any atom is -0.314 e. The standard InChI is InChI=1S/C11H17BrN4/c1-7(5-11(4,14)6-13)16-9(3)10(12)8(2)15-16/h7H,5,14H2,1-4H3. The van der Waals surface area contributed by atoms with Gasteiger partial charge in [0.1, 0.15) is 5.54 Å². The molecule has 88 valence electrons. The average molecular weight is 285 g/mol. The van der Waals surface area contributed by atoms with Crippen molar-refractivity contribution in [2.75, 3.05) is 0 Å². The average Bonchev–Trinajstić information content (AvgIpc) is 2.45. The summed E-state index contributed by atoms with van der Waals surface area (Å²) in [4.78, 5) is 0. The largest absolute Gasteiger partial charge is 0.314 e. The molecule has 0 saturated heterocycles. The van der Waals surface area contributed by atoms with Crippen LogP contribution in [0.2, 0.25) is 0 Å². The van der Waals surface area contributed by atoms with E-state index in [1.54, 1.807) is 6.92 Å².